The van der Waals surface area contributed by atoms with Crippen LogP contribution in [0.15, 0.2) is 12.2 Å². The molecule has 0 aromatic rings. The van der Waals surface area contributed by atoms with E-state index in [-0.39, 0.29) is 19.4 Å². The van der Waals surface area contributed by atoms with Crippen LogP contribution in [0.2, 0.25) is 0 Å². The number of hydrogen-bond donors (Lipinski definition) is 3. The van der Waals surface area contributed by atoms with Gasteiger partial charge in [0.2, 0.25) is 0 Å². The van der Waals surface area contributed by atoms with Crippen molar-refractivity contribution in [3.05, 3.63) is 12.2 Å². The minimum atomic E-state index is -4.61. The van der Waals surface area contributed by atoms with Crippen molar-refractivity contribution in [3.8, 4) is 0 Å². The highest BCUT2D eigenvalue weighted by Crippen LogP contribution is 2.43. The molecule has 0 rings (SSSR count). The Hall–Kier alpha value is -1.29. The molecule has 0 aliphatic carbocycles. The number of ether oxygens (including phenoxy) is 2. The number of phosphoric ester groups is 1. The summed E-state index contributed by atoms with van der Waals surface area (Å²) in [4.78, 5) is 34.8. The van der Waals surface area contributed by atoms with E-state index in [4.69, 9.17) is 19.1 Å². The molecule has 0 amide bonds. The van der Waals surface area contributed by atoms with Gasteiger partial charge in [-0.1, -0.05) is 148 Å². The van der Waals surface area contributed by atoms with Gasteiger partial charge in [-0.2, -0.15) is 0 Å². The van der Waals surface area contributed by atoms with Crippen molar-refractivity contribution < 1.29 is 47.8 Å². The minimum absolute atomic E-state index is 0.187. The third kappa shape index (κ3) is 35.1. The third-order valence-electron chi connectivity index (χ3n) is 8.67. The highest BCUT2D eigenvalue weighted by Gasteiger charge is 2.27. The molecule has 0 spiro atoms. The second-order valence-corrected chi connectivity index (χ2v) is 15.1. The highest BCUT2D eigenvalue weighted by molar-refractivity contribution is 7.47. The van der Waals surface area contributed by atoms with Gasteiger partial charge in [0.05, 0.1) is 19.8 Å². The van der Waals surface area contributed by atoms with E-state index in [2.05, 4.69) is 30.5 Å². The molecule has 296 valence electrons. The van der Waals surface area contributed by atoms with Gasteiger partial charge >= 0.3 is 19.8 Å². The lowest BCUT2D eigenvalue weighted by molar-refractivity contribution is -0.161. The monoisotopic (exact) mass is 735 g/mol. The van der Waals surface area contributed by atoms with E-state index in [1.165, 1.54) is 96.3 Å². The molecule has 3 N–H and O–H groups in total. The van der Waals surface area contributed by atoms with Gasteiger partial charge in [0, 0.05) is 12.8 Å². The minimum Gasteiger partial charge on any atom is -0.462 e. The number of allylic oxidation sites excluding steroid dienone is 2. The van der Waals surface area contributed by atoms with Crippen molar-refractivity contribution in [3.63, 3.8) is 0 Å². The van der Waals surface area contributed by atoms with Crippen molar-refractivity contribution in [1.82, 2.24) is 0 Å². The molecule has 0 bridgehead atoms. The van der Waals surface area contributed by atoms with Gasteiger partial charge in [-0.3, -0.25) is 18.6 Å². The van der Waals surface area contributed by atoms with E-state index in [0.717, 1.165) is 51.4 Å². The average molecular weight is 735 g/mol. The van der Waals surface area contributed by atoms with Gasteiger partial charge in [-0.25, -0.2) is 4.57 Å². The molecule has 0 fully saturated rings. The topological polar surface area (TPSA) is 149 Å². The molecule has 11 heteroatoms. The largest absolute Gasteiger partial charge is 0.472 e. The maximum absolute atomic E-state index is 12.5. The molecular weight excluding hydrogens is 659 g/mol. The Morgan fingerprint density at radius 2 is 0.980 bits per heavy atom. The van der Waals surface area contributed by atoms with Crippen molar-refractivity contribution >= 4 is 19.8 Å². The fourth-order valence-corrected chi connectivity index (χ4v) is 6.31. The fourth-order valence-electron chi connectivity index (χ4n) is 5.52. The maximum atomic E-state index is 12.5. The van der Waals surface area contributed by atoms with Crippen LogP contribution in [-0.4, -0.2) is 65.7 Å². The lowest BCUT2D eigenvalue weighted by Crippen LogP contribution is -2.29. The molecule has 1 unspecified atom stereocenters. The summed E-state index contributed by atoms with van der Waals surface area (Å²) < 4.78 is 32.6. The number of hydrogen-bond acceptors (Lipinski definition) is 9. The number of carbonyl (C=O) groups excluding carboxylic acids is 2. The molecule has 3 atom stereocenters. The van der Waals surface area contributed by atoms with Crippen LogP contribution in [-0.2, 0) is 32.7 Å². The molecule has 0 aliphatic heterocycles. The summed E-state index contributed by atoms with van der Waals surface area (Å²) in [6.07, 6.45) is 31.8. The first-order valence-electron chi connectivity index (χ1n) is 20.1. The van der Waals surface area contributed by atoms with Crippen LogP contribution >= 0.6 is 7.82 Å². The van der Waals surface area contributed by atoms with Crippen molar-refractivity contribution in [2.45, 2.75) is 199 Å². The average Bonchev–Trinajstić information content (AvgIpc) is 3.10. The number of aliphatic hydroxyl groups excluding tert-OH is 2. The zero-order valence-electron chi connectivity index (χ0n) is 31.9. The molecule has 10 nitrogen and oxygen atoms in total. The Morgan fingerprint density at radius 1 is 0.580 bits per heavy atom. The smallest absolute Gasteiger partial charge is 0.462 e. The molecular formula is C39H75O10P. The summed E-state index contributed by atoms with van der Waals surface area (Å²) >= 11 is 0. The number of rotatable bonds is 38. The second kappa shape index (κ2) is 36.1. The van der Waals surface area contributed by atoms with Gasteiger partial charge < -0.3 is 24.6 Å². The van der Waals surface area contributed by atoms with Crippen molar-refractivity contribution in [2.75, 3.05) is 26.4 Å². The van der Waals surface area contributed by atoms with Crippen LogP contribution < -0.4 is 0 Å². The van der Waals surface area contributed by atoms with Crippen molar-refractivity contribution in [1.29, 1.82) is 0 Å². The van der Waals surface area contributed by atoms with E-state index < -0.39 is 51.8 Å². The molecule has 0 saturated heterocycles. The lowest BCUT2D eigenvalue weighted by Gasteiger charge is -2.20. The first-order chi connectivity index (χ1) is 24.2. The number of unbranched alkanes of at least 4 members (excludes halogenated alkanes) is 22. The van der Waals surface area contributed by atoms with Crippen LogP contribution in [0.25, 0.3) is 0 Å². The molecule has 0 heterocycles. The predicted octanol–water partition coefficient (Wildman–Crippen LogP) is 10.1. The number of carbonyl (C=O) groups is 2. The SMILES string of the molecule is CCCCCCCC/C=C/CCCCCCCC(=O)OC[C@H](COP(=O)(O)OC[C@@H](O)CO)OC(=O)CCCCCCCCCCCCCC. The maximum Gasteiger partial charge on any atom is 0.472 e. The summed E-state index contributed by atoms with van der Waals surface area (Å²) in [5.41, 5.74) is 0. The van der Waals surface area contributed by atoms with E-state index in [1.807, 2.05) is 0 Å². The Labute approximate surface area is 305 Å². The standard InChI is InChI=1S/C39H75O10P/c1-3-5-7-9-11-13-15-17-18-19-21-22-24-26-28-30-38(42)46-34-37(35-48-50(44,45)47-33-36(41)32-40)49-39(43)31-29-27-25-23-20-16-14-12-10-8-6-4-2/h17-18,36-37,40-41H,3-16,19-35H2,1-2H3,(H,44,45)/b18-17+/t36-,37+/m0/s1. The summed E-state index contributed by atoms with van der Waals surface area (Å²) in [7, 11) is -4.61. The summed E-state index contributed by atoms with van der Waals surface area (Å²) in [5, 5.41) is 18.3. The molecule has 0 aromatic heterocycles. The fraction of sp³-hybridized carbons (Fsp3) is 0.897. The highest BCUT2D eigenvalue weighted by atomic mass is 31.2. The Bertz CT molecular complexity index is 853. The molecule has 0 saturated carbocycles. The van der Waals surface area contributed by atoms with E-state index in [0.29, 0.717) is 12.8 Å². The van der Waals surface area contributed by atoms with Gasteiger partial charge in [-0.05, 0) is 38.5 Å². The van der Waals surface area contributed by atoms with Crippen LogP contribution in [0.1, 0.15) is 187 Å². The van der Waals surface area contributed by atoms with Gasteiger partial charge in [0.1, 0.15) is 12.7 Å². The van der Waals surface area contributed by atoms with Gasteiger partial charge in [-0.15, -0.1) is 0 Å². The van der Waals surface area contributed by atoms with Crippen LogP contribution in [0.5, 0.6) is 0 Å². The summed E-state index contributed by atoms with van der Waals surface area (Å²) in [6.45, 7) is 2.36. The normalized spacial score (nSPS) is 14.1. The molecule has 0 aliphatic rings. The zero-order valence-corrected chi connectivity index (χ0v) is 32.8. The second-order valence-electron chi connectivity index (χ2n) is 13.7. The number of esters is 2. The zero-order chi connectivity index (χ0) is 37.0. The van der Waals surface area contributed by atoms with Crippen LogP contribution in [0.4, 0.5) is 0 Å². The van der Waals surface area contributed by atoms with Crippen LogP contribution in [0.3, 0.4) is 0 Å². The van der Waals surface area contributed by atoms with Crippen LogP contribution in [0, 0.1) is 0 Å². The quantitative estimate of drug-likeness (QED) is 0.0242. The predicted molar refractivity (Wildman–Crippen MR) is 201 cm³/mol. The van der Waals surface area contributed by atoms with Gasteiger partial charge in [0.15, 0.2) is 6.10 Å². The van der Waals surface area contributed by atoms with E-state index >= 15 is 0 Å². The number of aliphatic hydroxyl groups is 2. The first kappa shape index (κ1) is 48.7. The lowest BCUT2D eigenvalue weighted by atomic mass is 10.0. The summed E-state index contributed by atoms with van der Waals surface area (Å²) in [5.74, 6) is -0.928. The third-order valence-corrected chi connectivity index (χ3v) is 9.62. The Kier molecular flexibility index (Phi) is 35.2. The van der Waals surface area contributed by atoms with Crippen molar-refractivity contribution in [2.24, 2.45) is 0 Å². The van der Waals surface area contributed by atoms with E-state index in [9.17, 15) is 24.2 Å². The molecule has 0 aromatic carbocycles. The van der Waals surface area contributed by atoms with E-state index in [1.54, 1.807) is 0 Å². The Balaban J connectivity index is 4.32. The first-order valence-corrected chi connectivity index (χ1v) is 21.6. The summed E-state index contributed by atoms with van der Waals surface area (Å²) in [6, 6.07) is 0. The molecule has 50 heavy (non-hydrogen) atoms. The Morgan fingerprint density at radius 3 is 1.44 bits per heavy atom. The molecule has 0 radical (unpaired) electrons. The van der Waals surface area contributed by atoms with Gasteiger partial charge in [0.25, 0.3) is 0 Å². The number of phosphoric acid groups is 1.